The molecule has 0 aliphatic heterocycles. The minimum absolute atomic E-state index is 0. The van der Waals surface area contributed by atoms with E-state index in [1.54, 1.807) is 0 Å². The molecule has 0 amide bonds. The van der Waals surface area contributed by atoms with Crippen LogP contribution in [-0.4, -0.2) is 0 Å². The van der Waals surface area contributed by atoms with E-state index in [1.165, 1.54) is 14.1 Å². The monoisotopic (exact) mass is 1230 g/mol. The minimum Gasteiger partial charge on any atom is -0.475 e. The summed E-state index contributed by atoms with van der Waals surface area (Å²) in [5, 5.41) is 0. The summed E-state index contributed by atoms with van der Waals surface area (Å²) in [5.41, 5.74) is -0.537. The second kappa shape index (κ2) is 63.5. The standard InChI is InChI=1S/6CH4.H8P8S2.H5P7S3.H9P7.3Y/c;;;;;;1-5(2)7(6(3)4)8(9)10;1-3-7(2)6-10-9-5-4-8;1-5-7(4)6(2)3;;;/h6*1H4;1-4H2;3H,1-2H2;5H,1-4H2;;;. The third-order valence-electron chi connectivity index (χ3n) is 1.29. The Morgan fingerprint density at radius 1 is 0.694 bits per heavy atom. The van der Waals surface area contributed by atoms with E-state index in [9.17, 15) is 0 Å². The van der Waals surface area contributed by atoms with Crippen molar-refractivity contribution in [2.24, 2.45) is 0 Å². The van der Waals surface area contributed by atoms with Crippen LogP contribution in [0.4, 0.5) is 0 Å². The van der Waals surface area contributed by atoms with E-state index in [0.717, 1.165) is 23.0 Å². The Bertz CT molecular complexity index is 497. The van der Waals surface area contributed by atoms with E-state index in [0.29, 0.717) is 0 Å². The Hall–Kier alpha value is 13.5. The summed E-state index contributed by atoms with van der Waals surface area (Å²) < 4.78 is 0. The van der Waals surface area contributed by atoms with Gasteiger partial charge >= 0.3 is 0 Å². The predicted octanol–water partition coefficient (Wildman–Crippen LogP) is 16.9. The SMILES string of the molecule is C.C.C.C.C.C.PP(P)P(P(P)P)[P+](=S)[S-].PPP(P)P(P)P.PPP(P)P=S=S=PP=S.[Y].[Y].[Y]. The molecule has 0 aliphatic rings. The Kier molecular flexibility index (Phi) is 146. The van der Waals surface area contributed by atoms with Crippen LogP contribution in [0.2, 0.25) is 0 Å². The molecular weight excluding hydrogens is 1180 g/mol. The molecule has 0 fully saturated rings. The van der Waals surface area contributed by atoms with Gasteiger partial charge in [0.15, 0.2) is 6.99 Å². The minimum atomic E-state index is -0.537. The molecule has 0 nitrogen and oxygen atoms in total. The summed E-state index contributed by atoms with van der Waals surface area (Å²) in [6, 6.07) is 0. The molecule has 0 saturated carbocycles. The average molecular weight is 1230 g/mol. The Morgan fingerprint density at radius 3 is 1.19 bits per heavy atom. The Labute approximate surface area is 364 Å². The zero-order valence-corrected chi connectivity index (χ0v) is 50.1. The van der Waals surface area contributed by atoms with Crippen molar-refractivity contribution >= 4 is 229 Å². The van der Waals surface area contributed by atoms with Gasteiger partial charge < -0.3 is 12.2 Å². The quantitative estimate of drug-likeness (QED) is 0.176. The summed E-state index contributed by atoms with van der Waals surface area (Å²) >= 11 is 15.1. The van der Waals surface area contributed by atoms with E-state index in [1.807, 2.05) is 19.0 Å². The van der Waals surface area contributed by atoms with Crippen molar-refractivity contribution < 1.29 is 98.1 Å². The van der Waals surface area contributed by atoms with Crippen molar-refractivity contribution in [3.8, 4) is 0 Å². The average Bonchev–Trinajstić information content (AvgIpc) is 2.57. The van der Waals surface area contributed by atoms with Gasteiger partial charge in [0, 0.05) is 140 Å². The van der Waals surface area contributed by atoms with E-state index in [4.69, 9.17) is 35.9 Å². The molecule has 0 spiro atoms. The molecule has 0 heterocycles. The molecule has 219 valence electrons. The summed E-state index contributed by atoms with van der Waals surface area (Å²) in [7, 11) is 38.1. The molecule has 0 aromatic rings. The van der Waals surface area contributed by atoms with E-state index in [2.05, 4.69) is 89.3 Å². The van der Waals surface area contributed by atoms with E-state index < -0.39 is 5.59 Å². The van der Waals surface area contributed by atoms with Crippen molar-refractivity contribution in [2.45, 2.75) is 44.6 Å². The molecule has 15 atom stereocenters. The fourth-order valence-corrected chi connectivity index (χ4v) is 111. The van der Waals surface area contributed by atoms with Crippen molar-refractivity contribution in [3.63, 3.8) is 0 Å². The smallest absolute Gasteiger partial charge is 0.164 e. The maximum absolute atomic E-state index is 5.14. The van der Waals surface area contributed by atoms with Crippen molar-refractivity contribution in [1.29, 1.82) is 0 Å². The first kappa shape index (κ1) is 82.8. The van der Waals surface area contributed by atoms with Crippen LogP contribution in [-0.2, 0) is 153 Å². The third kappa shape index (κ3) is 65.8. The molecule has 0 N–H and O–H groups in total. The van der Waals surface area contributed by atoms with Gasteiger partial charge in [-0.15, -0.1) is 44.6 Å². The topological polar surface area (TPSA) is 0 Å². The fraction of sp³-hybridized carbons (Fsp3) is 1.00. The molecule has 0 saturated heterocycles. The van der Waals surface area contributed by atoms with Crippen LogP contribution in [0.15, 0.2) is 0 Å². The molecule has 0 aromatic carbocycles. The second-order valence-corrected chi connectivity index (χ2v) is 80.7. The maximum atomic E-state index is 5.14. The fourth-order valence-electron chi connectivity index (χ4n) is 0.457. The molecule has 0 aromatic heterocycles. The second-order valence-electron chi connectivity index (χ2n) is 2.99. The molecule has 0 bridgehead atoms. The van der Waals surface area contributed by atoms with Crippen molar-refractivity contribution in [3.05, 3.63) is 0 Å². The Morgan fingerprint density at radius 2 is 1.06 bits per heavy atom. The van der Waals surface area contributed by atoms with E-state index >= 15 is 0 Å². The predicted molar refractivity (Wildman–Crippen MR) is 260 cm³/mol. The molecule has 0 rings (SSSR count). The van der Waals surface area contributed by atoms with Gasteiger partial charge in [0.1, 0.15) is 11.8 Å². The van der Waals surface area contributed by atoms with Crippen LogP contribution in [0, 0.1) is 0 Å². The van der Waals surface area contributed by atoms with Gasteiger partial charge in [-0.25, -0.2) is 0 Å². The Balaban J connectivity index is -0.0000000216. The van der Waals surface area contributed by atoms with Gasteiger partial charge in [-0.3, -0.25) is 0 Å². The van der Waals surface area contributed by atoms with Crippen LogP contribution >= 0.6 is 174 Å². The summed E-state index contributed by atoms with van der Waals surface area (Å²) in [6.07, 6.45) is 0. The van der Waals surface area contributed by atoms with Gasteiger partial charge in [-0.1, -0.05) is 115 Å². The number of rotatable bonds is 8. The zero-order chi connectivity index (χ0) is 22.0. The molecule has 0 aliphatic carbocycles. The van der Waals surface area contributed by atoms with E-state index in [-0.39, 0.29) is 185 Å². The van der Waals surface area contributed by atoms with Crippen LogP contribution in [0.5, 0.6) is 0 Å². The molecule has 30 heteroatoms. The third-order valence-corrected chi connectivity index (χ3v) is 105. The van der Waals surface area contributed by atoms with Crippen molar-refractivity contribution in [2.75, 3.05) is 0 Å². The van der Waals surface area contributed by atoms with Crippen LogP contribution in [0.1, 0.15) is 44.6 Å². The van der Waals surface area contributed by atoms with Gasteiger partial charge in [0.25, 0.3) is 0 Å². The summed E-state index contributed by atoms with van der Waals surface area (Å²) in [6.45, 7) is 0.501. The molecular formula is C6H46P22S5Y3. The largest absolute Gasteiger partial charge is 0.475 e. The maximum Gasteiger partial charge on any atom is 0.164 e. The summed E-state index contributed by atoms with van der Waals surface area (Å²) in [4.78, 5) is 0. The molecule has 15 unspecified atom stereocenters. The van der Waals surface area contributed by atoms with Crippen molar-refractivity contribution in [1.82, 2.24) is 0 Å². The van der Waals surface area contributed by atoms with Gasteiger partial charge in [-0.05, 0) is 35.3 Å². The van der Waals surface area contributed by atoms with Crippen LogP contribution in [0.25, 0.3) is 0 Å². The van der Waals surface area contributed by atoms with Gasteiger partial charge in [0.05, 0.1) is 5.59 Å². The van der Waals surface area contributed by atoms with Gasteiger partial charge in [-0.2, -0.15) is 0 Å². The first-order valence-corrected chi connectivity index (χ1v) is 48.3. The number of hydrogen-bond acceptors (Lipinski definition) is 3. The zero-order valence-electron chi connectivity index (χ0n) is 15.0. The normalized spacial score (nSPS) is 11.1. The van der Waals surface area contributed by atoms with Gasteiger partial charge in [0.2, 0.25) is 0 Å². The summed E-state index contributed by atoms with van der Waals surface area (Å²) in [5.74, 6) is 0. The van der Waals surface area contributed by atoms with Crippen LogP contribution < -0.4 is 0 Å². The first-order valence-electron chi connectivity index (χ1n) is 5.37. The first-order chi connectivity index (χ1) is 12.5. The number of hydrogen-bond donors (Lipinski definition) is 0. The molecule has 3 radical (unpaired) electrons. The molecule has 36 heavy (non-hydrogen) atoms. The van der Waals surface area contributed by atoms with Crippen LogP contribution in [0.3, 0.4) is 0 Å².